The lowest BCUT2D eigenvalue weighted by Gasteiger charge is -2.36. The maximum atomic E-state index is 12.2. The van der Waals surface area contributed by atoms with E-state index in [1.165, 1.54) is 4.90 Å². The van der Waals surface area contributed by atoms with E-state index in [1.54, 1.807) is 6.92 Å². The highest BCUT2D eigenvalue weighted by molar-refractivity contribution is 4.81. The summed E-state index contributed by atoms with van der Waals surface area (Å²) in [6, 6.07) is 0. The van der Waals surface area contributed by atoms with Gasteiger partial charge in [0.05, 0.1) is 13.2 Å². The lowest BCUT2D eigenvalue weighted by Crippen LogP contribution is -2.51. The van der Waals surface area contributed by atoms with Gasteiger partial charge in [0.1, 0.15) is 0 Å². The normalized spacial score (nSPS) is 23.0. The second kappa shape index (κ2) is 6.18. The quantitative estimate of drug-likeness (QED) is 0.752. The van der Waals surface area contributed by atoms with Crippen molar-refractivity contribution in [3.8, 4) is 0 Å². The molecule has 7 heteroatoms. The Balaban J connectivity index is 2.23. The van der Waals surface area contributed by atoms with E-state index in [9.17, 15) is 13.2 Å². The summed E-state index contributed by atoms with van der Waals surface area (Å²) in [5.41, 5.74) is 5.20. The summed E-state index contributed by atoms with van der Waals surface area (Å²) in [7, 11) is 0. The predicted molar refractivity (Wildman–Crippen MR) is 63.2 cm³/mol. The van der Waals surface area contributed by atoms with Gasteiger partial charge in [-0.2, -0.15) is 13.2 Å². The number of hydrogen-bond donors (Lipinski definition) is 2. The van der Waals surface area contributed by atoms with Crippen molar-refractivity contribution in [1.29, 1.82) is 0 Å². The lowest BCUT2D eigenvalue weighted by atomic mass is 10.0. The molecule has 0 radical (unpaired) electrons. The smallest absolute Gasteiger partial charge is 0.394 e. The first-order valence-corrected chi connectivity index (χ1v) is 6.13. The van der Waals surface area contributed by atoms with Crippen molar-refractivity contribution in [3.05, 3.63) is 0 Å². The number of aliphatic hydroxyl groups is 1. The Kier molecular flexibility index (Phi) is 5.39. The Labute approximate surface area is 106 Å². The van der Waals surface area contributed by atoms with Crippen LogP contribution in [0.5, 0.6) is 0 Å². The molecule has 108 valence electrons. The molecule has 1 unspecified atom stereocenters. The molecule has 4 nitrogen and oxygen atoms in total. The molecule has 0 bridgehead atoms. The summed E-state index contributed by atoms with van der Waals surface area (Å²) < 4.78 is 36.6. The highest BCUT2D eigenvalue weighted by Crippen LogP contribution is 2.17. The molecule has 3 N–H and O–H groups in total. The van der Waals surface area contributed by atoms with E-state index in [0.717, 1.165) is 0 Å². The van der Waals surface area contributed by atoms with Crippen LogP contribution in [0.2, 0.25) is 0 Å². The fraction of sp³-hybridized carbons (Fsp3) is 1.00. The lowest BCUT2D eigenvalue weighted by molar-refractivity contribution is -0.149. The molecule has 0 aromatic rings. The average Bonchev–Trinajstić information content (AvgIpc) is 2.26. The van der Waals surface area contributed by atoms with Crippen LogP contribution >= 0.6 is 0 Å². The van der Waals surface area contributed by atoms with E-state index in [-0.39, 0.29) is 6.61 Å². The zero-order valence-corrected chi connectivity index (χ0v) is 10.7. The predicted octanol–water partition coefficient (Wildman–Crippen LogP) is 0.266. The molecule has 18 heavy (non-hydrogen) atoms. The first-order valence-electron chi connectivity index (χ1n) is 6.13. The Morgan fingerprint density at radius 2 is 1.61 bits per heavy atom. The van der Waals surface area contributed by atoms with E-state index < -0.39 is 18.3 Å². The first kappa shape index (κ1) is 15.7. The molecule has 1 rings (SSSR count). The minimum atomic E-state index is -4.12. The molecule has 1 heterocycles. The number of halogens is 3. The van der Waals surface area contributed by atoms with Gasteiger partial charge in [0.15, 0.2) is 0 Å². The monoisotopic (exact) mass is 269 g/mol. The van der Waals surface area contributed by atoms with Gasteiger partial charge in [0.25, 0.3) is 0 Å². The van der Waals surface area contributed by atoms with Gasteiger partial charge in [0, 0.05) is 38.3 Å². The third kappa shape index (κ3) is 5.99. The van der Waals surface area contributed by atoms with Crippen molar-refractivity contribution >= 4 is 0 Å². The number of hydrogen-bond acceptors (Lipinski definition) is 4. The largest absolute Gasteiger partial charge is 0.401 e. The summed E-state index contributed by atoms with van der Waals surface area (Å²) in [6.07, 6.45) is -3.47. The molecule has 0 aromatic heterocycles. The molecule has 1 atom stereocenters. The van der Waals surface area contributed by atoms with E-state index in [4.69, 9.17) is 10.8 Å². The molecule has 0 spiro atoms. The maximum absolute atomic E-state index is 12.2. The van der Waals surface area contributed by atoms with Crippen molar-refractivity contribution in [1.82, 2.24) is 9.80 Å². The summed E-state index contributed by atoms with van der Waals surface area (Å²) in [6.45, 7) is 3.68. The van der Waals surface area contributed by atoms with Crippen molar-refractivity contribution in [2.24, 2.45) is 5.73 Å². The second-order valence-electron chi connectivity index (χ2n) is 5.30. The average molecular weight is 269 g/mol. The number of aliphatic hydroxyl groups excluding tert-OH is 1. The van der Waals surface area contributed by atoms with Gasteiger partial charge in [-0.15, -0.1) is 0 Å². The van der Waals surface area contributed by atoms with Crippen LogP contribution in [0.25, 0.3) is 0 Å². The topological polar surface area (TPSA) is 52.7 Å². The standard InChI is InChI=1S/C11H22F3N3O/c1-10(15,9-18)2-3-16-4-6-17(7-5-16)8-11(12,13)14/h18H,2-9,15H2,1H3. The molecule has 1 saturated heterocycles. The molecule has 1 fully saturated rings. The Morgan fingerprint density at radius 3 is 2.06 bits per heavy atom. The third-order valence-corrected chi connectivity index (χ3v) is 3.23. The van der Waals surface area contributed by atoms with Gasteiger partial charge in [-0.3, -0.25) is 4.90 Å². The fourth-order valence-electron chi connectivity index (χ4n) is 1.92. The van der Waals surface area contributed by atoms with Gasteiger partial charge in [0.2, 0.25) is 0 Å². The Hall–Kier alpha value is -0.370. The van der Waals surface area contributed by atoms with Crippen LogP contribution in [-0.4, -0.2) is 72.5 Å². The summed E-state index contributed by atoms with van der Waals surface area (Å²) in [4.78, 5) is 3.51. The highest BCUT2D eigenvalue weighted by atomic mass is 19.4. The summed E-state index contributed by atoms with van der Waals surface area (Å²) in [5, 5.41) is 9.02. The number of nitrogens with zero attached hydrogens (tertiary/aromatic N) is 2. The molecular formula is C11H22F3N3O. The van der Waals surface area contributed by atoms with Crippen LogP contribution in [-0.2, 0) is 0 Å². The molecule has 1 aliphatic heterocycles. The van der Waals surface area contributed by atoms with Gasteiger partial charge in [-0.25, -0.2) is 0 Å². The van der Waals surface area contributed by atoms with Crippen LogP contribution in [0.4, 0.5) is 13.2 Å². The summed E-state index contributed by atoms with van der Waals surface area (Å²) in [5.74, 6) is 0. The summed E-state index contributed by atoms with van der Waals surface area (Å²) >= 11 is 0. The van der Waals surface area contributed by atoms with E-state index >= 15 is 0 Å². The second-order valence-corrected chi connectivity index (χ2v) is 5.30. The van der Waals surface area contributed by atoms with Crippen molar-refractivity contribution in [2.75, 3.05) is 45.9 Å². The van der Waals surface area contributed by atoms with Crippen molar-refractivity contribution < 1.29 is 18.3 Å². The van der Waals surface area contributed by atoms with Crippen molar-refractivity contribution in [2.45, 2.75) is 25.1 Å². The van der Waals surface area contributed by atoms with Crippen molar-refractivity contribution in [3.63, 3.8) is 0 Å². The highest BCUT2D eigenvalue weighted by Gasteiger charge is 2.32. The van der Waals surface area contributed by atoms with Crippen LogP contribution in [0.1, 0.15) is 13.3 Å². The Morgan fingerprint density at radius 1 is 1.11 bits per heavy atom. The number of nitrogens with two attached hydrogens (primary N) is 1. The number of rotatable bonds is 5. The van der Waals surface area contributed by atoms with Gasteiger partial charge in [-0.05, 0) is 13.3 Å². The molecule has 1 aliphatic rings. The first-order chi connectivity index (χ1) is 8.22. The van der Waals surface area contributed by atoms with E-state index in [2.05, 4.69) is 4.90 Å². The molecule has 0 aromatic carbocycles. The van der Waals surface area contributed by atoms with E-state index in [1.807, 2.05) is 0 Å². The zero-order chi connectivity index (χ0) is 13.8. The third-order valence-electron chi connectivity index (χ3n) is 3.23. The van der Waals surface area contributed by atoms with Crippen LogP contribution < -0.4 is 5.73 Å². The number of piperazine rings is 1. The number of alkyl halides is 3. The molecular weight excluding hydrogens is 247 g/mol. The van der Waals surface area contributed by atoms with Crippen LogP contribution in [0.3, 0.4) is 0 Å². The van der Waals surface area contributed by atoms with Gasteiger partial charge >= 0.3 is 6.18 Å². The van der Waals surface area contributed by atoms with Crippen LogP contribution in [0, 0.1) is 0 Å². The fourth-order valence-corrected chi connectivity index (χ4v) is 1.92. The Bertz CT molecular complexity index is 250. The minimum Gasteiger partial charge on any atom is -0.394 e. The van der Waals surface area contributed by atoms with Gasteiger partial charge in [-0.1, -0.05) is 0 Å². The minimum absolute atomic E-state index is 0.0823. The molecule has 0 amide bonds. The van der Waals surface area contributed by atoms with E-state index in [0.29, 0.717) is 39.1 Å². The van der Waals surface area contributed by atoms with Gasteiger partial charge < -0.3 is 15.7 Å². The SMILES string of the molecule is CC(N)(CO)CCN1CCN(CC(F)(F)F)CC1. The molecule has 0 saturated carbocycles. The zero-order valence-electron chi connectivity index (χ0n) is 10.7. The molecule has 0 aliphatic carbocycles. The van der Waals surface area contributed by atoms with Crippen LogP contribution in [0.15, 0.2) is 0 Å². The maximum Gasteiger partial charge on any atom is 0.401 e.